The van der Waals surface area contributed by atoms with Crippen molar-refractivity contribution in [3.05, 3.63) is 58.4 Å². The summed E-state index contributed by atoms with van der Waals surface area (Å²) in [5, 5.41) is 4.86. The highest BCUT2D eigenvalue weighted by atomic mass is 16.1. The van der Waals surface area contributed by atoms with Crippen LogP contribution >= 0.6 is 0 Å². The van der Waals surface area contributed by atoms with Crippen molar-refractivity contribution in [2.24, 2.45) is 5.92 Å². The predicted octanol–water partition coefficient (Wildman–Crippen LogP) is 3.89. The Morgan fingerprint density at radius 2 is 1.90 bits per heavy atom. The Hall–Kier alpha value is -3.12. The first-order valence-electron chi connectivity index (χ1n) is 10.8. The number of aryl methyl sites for hydroxylation is 1. The van der Waals surface area contributed by atoms with Gasteiger partial charge < -0.3 is 20.2 Å². The van der Waals surface area contributed by atoms with E-state index in [9.17, 15) is 4.79 Å². The fourth-order valence-corrected chi connectivity index (χ4v) is 5.17. The van der Waals surface area contributed by atoms with E-state index in [-0.39, 0.29) is 5.56 Å². The van der Waals surface area contributed by atoms with E-state index >= 15 is 0 Å². The molecule has 4 aromatic rings. The van der Waals surface area contributed by atoms with Crippen LogP contribution in [-0.2, 0) is 0 Å². The Morgan fingerprint density at radius 3 is 2.67 bits per heavy atom. The molecule has 0 unspecified atom stereocenters. The number of H-pyrrole nitrogens is 2. The first-order chi connectivity index (χ1) is 14.7. The summed E-state index contributed by atoms with van der Waals surface area (Å²) in [7, 11) is 0. The molecule has 6 heteroatoms. The first-order valence-corrected chi connectivity index (χ1v) is 10.8. The summed E-state index contributed by atoms with van der Waals surface area (Å²) in [5.41, 5.74) is 5.21. The molecule has 2 aromatic heterocycles. The van der Waals surface area contributed by atoms with Gasteiger partial charge in [0.15, 0.2) is 0 Å². The number of piperidine rings is 3. The van der Waals surface area contributed by atoms with E-state index in [4.69, 9.17) is 4.98 Å². The van der Waals surface area contributed by atoms with E-state index in [1.54, 1.807) is 0 Å². The van der Waals surface area contributed by atoms with Crippen LogP contribution in [0.25, 0.3) is 33.3 Å². The maximum atomic E-state index is 13.3. The molecule has 0 spiro atoms. The number of aromatic amines is 2. The van der Waals surface area contributed by atoms with Gasteiger partial charge in [-0.15, -0.1) is 0 Å². The van der Waals surface area contributed by atoms with Crippen molar-refractivity contribution in [3.63, 3.8) is 0 Å². The molecule has 0 amide bonds. The maximum Gasteiger partial charge on any atom is 0.261 e. The molecule has 6 nitrogen and oxygen atoms in total. The van der Waals surface area contributed by atoms with Crippen molar-refractivity contribution < 1.29 is 0 Å². The van der Waals surface area contributed by atoms with E-state index < -0.39 is 0 Å². The molecule has 5 heterocycles. The summed E-state index contributed by atoms with van der Waals surface area (Å²) in [6.45, 7) is 5.50. The zero-order valence-electron chi connectivity index (χ0n) is 17.0. The van der Waals surface area contributed by atoms with Crippen LogP contribution in [-0.4, -0.2) is 45.5 Å². The molecular formula is C24H25N5O. The van der Waals surface area contributed by atoms with Gasteiger partial charge in [-0.25, -0.2) is 4.98 Å². The Balaban J connectivity index is 1.56. The number of rotatable bonds is 3. The van der Waals surface area contributed by atoms with Crippen LogP contribution in [0, 0.1) is 12.8 Å². The van der Waals surface area contributed by atoms with Crippen molar-refractivity contribution >= 4 is 27.6 Å². The molecule has 3 aliphatic rings. The molecule has 3 fully saturated rings. The van der Waals surface area contributed by atoms with Gasteiger partial charge in [0.1, 0.15) is 11.4 Å². The van der Waals surface area contributed by atoms with E-state index in [1.165, 1.54) is 31.5 Å². The number of pyridine rings is 1. The van der Waals surface area contributed by atoms with E-state index in [0.29, 0.717) is 23.3 Å². The Bertz CT molecular complexity index is 1280. The van der Waals surface area contributed by atoms with Crippen molar-refractivity contribution in [1.82, 2.24) is 19.9 Å². The third-order valence-electron chi connectivity index (χ3n) is 6.78. The number of anilines is 1. The van der Waals surface area contributed by atoms with E-state index in [0.717, 1.165) is 34.2 Å². The summed E-state index contributed by atoms with van der Waals surface area (Å²) >= 11 is 0. The highest BCUT2D eigenvalue weighted by Gasteiger charge is 2.35. The summed E-state index contributed by atoms with van der Waals surface area (Å²) in [6, 6.07) is 14.4. The molecule has 7 rings (SSSR count). The normalized spacial score (nSPS) is 23.3. The maximum absolute atomic E-state index is 13.3. The number of fused-ring (bicyclic) bond motifs is 5. The minimum atomic E-state index is -0.116. The minimum absolute atomic E-state index is 0.116. The lowest BCUT2D eigenvalue weighted by molar-refractivity contribution is 0.0976. The molecule has 1 atom stereocenters. The van der Waals surface area contributed by atoms with Gasteiger partial charge in [-0.3, -0.25) is 4.79 Å². The second-order valence-corrected chi connectivity index (χ2v) is 8.74. The van der Waals surface area contributed by atoms with Gasteiger partial charge in [0.25, 0.3) is 5.56 Å². The second-order valence-electron chi connectivity index (χ2n) is 8.74. The average Bonchev–Trinajstić information content (AvgIpc) is 3.19. The number of para-hydroxylation sites is 2. The Kier molecular flexibility index (Phi) is 3.96. The number of nitrogens with zero attached hydrogens (tertiary/aromatic N) is 2. The standard InChI is InChI=1S/C24H25N5O/c1-14-6-7-17-16(12-14)22(25-20-13-29-10-8-15(20)9-11-29)21(24(30)28-17)23-26-18-4-2-3-5-19(18)27-23/h2-7,12,15,20H,8-11,13H2,1H3,(H,26,27)(H2,25,28,30)/t20-/m1/s1. The molecule has 152 valence electrons. The lowest BCUT2D eigenvalue weighted by Gasteiger charge is -2.45. The van der Waals surface area contributed by atoms with Gasteiger partial charge in [0.05, 0.1) is 22.2 Å². The van der Waals surface area contributed by atoms with Crippen LogP contribution in [0.5, 0.6) is 0 Å². The fourth-order valence-electron chi connectivity index (χ4n) is 5.17. The lowest BCUT2D eigenvalue weighted by Crippen LogP contribution is -2.53. The van der Waals surface area contributed by atoms with Gasteiger partial charge in [-0.05, 0) is 63.0 Å². The number of nitrogens with one attached hydrogen (secondary N) is 3. The number of imidazole rings is 1. The van der Waals surface area contributed by atoms with Crippen LogP contribution in [0.2, 0.25) is 0 Å². The molecule has 3 N–H and O–H groups in total. The number of hydrogen-bond acceptors (Lipinski definition) is 4. The topological polar surface area (TPSA) is 76.8 Å². The third kappa shape index (κ3) is 2.82. The predicted molar refractivity (Wildman–Crippen MR) is 121 cm³/mol. The third-order valence-corrected chi connectivity index (χ3v) is 6.78. The minimum Gasteiger partial charge on any atom is -0.379 e. The molecule has 3 aliphatic heterocycles. The molecular weight excluding hydrogens is 374 g/mol. The Morgan fingerprint density at radius 1 is 1.07 bits per heavy atom. The van der Waals surface area contributed by atoms with Crippen LogP contribution in [0.3, 0.4) is 0 Å². The van der Waals surface area contributed by atoms with Crippen LogP contribution in [0.4, 0.5) is 5.69 Å². The first kappa shape index (κ1) is 17.7. The molecule has 30 heavy (non-hydrogen) atoms. The summed E-state index contributed by atoms with van der Waals surface area (Å²) in [6.07, 6.45) is 2.44. The van der Waals surface area contributed by atoms with Crippen molar-refractivity contribution in [2.75, 3.05) is 25.0 Å². The average molecular weight is 399 g/mol. The molecule has 2 aromatic carbocycles. The van der Waals surface area contributed by atoms with Gasteiger partial charge >= 0.3 is 0 Å². The SMILES string of the molecule is Cc1ccc2[nH]c(=O)c(-c3nc4ccccc4[nH]3)c(N[C@@H]3CN4CCC3CC4)c2c1. The van der Waals surface area contributed by atoms with Gasteiger partial charge in [0, 0.05) is 18.0 Å². The zero-order valence-corrected chi connectivity index (χ0v) is 17.0. The zero-order chi connectivity index (χ0) is 20.2. The highest BCUT2D eigenvalue weighted by Crippen LogP contribution is 2.35. The van der Waals surface area contributed by atoms with Crippen molar-refractivity contribution in [2.45, 2.75) is 25.8 Å². The van der Waals surface area contributed by atoms with Crippen LogP contribution < -0.4 is 10.9 Å². The van der Waals surface area contributed by atoms with Crippen molar-refractivity contribution in [1.29, 1.82) is 0 Å². The van der Waals surface area contributed by atoms with Crippen LogP contribution in [0.1, 0.15) is 18.4 Å². The summed E-state index contributed by atoms with van der Waals surface area (Å²) in [5.74, 6) is 1.27. The Labute approximate surface area is 174 Å². The quantitative estimate of drug-likeness (QED) is 0.489. The molecule has 0 saturated carbocycles. The van der Waals surface area contributed by atoms with E-state index in [1.807, 2.05) is 36.4 Å². The summed E-state index contributed by atoms with van der Waals surface area (Å²) in [4.78, 5) is 27.0. The van der Waals surface area contributed by atoms with Gasteiger partial charge in [0.2, 0.25) is 0 Å². The molecule has 0 aliphatic carbocycles. The van der Waals surface area contributed by atoms with Gasteiger partial charge in [-0.1, -0.05) is 23.8 Å². The molecule has 2 bridgehead atoms. The summed E-state index contributed by atoms with van der Waals surface area (Å²) < 4.78 is 0. The highest BCUT2D eigenvalue weighted by molar-refractivity contribution is 5.99. The molecule has 0 radical (unpaired) electrons. The molecule has 3 saturated heterocycles. The number of aromatic nitrogens is 3. The number of hydrogen-bond donors (Lipinski definition) is 3. The number of benzene rings is 2. The van der Waals surface area contributed by atoms with Gasteiger partial charge in [-0.2, -0.15) is 0 Å². The second kappa shape index (κ2) is 6.71. The lowest BCUT2D eigenvalue weighted by atomic mass is 9.83. The fraction of sp³-hybridized carbons (Fsp3) is 0.333. The smallest absolute Gasteiger partial charge is 0.261 e. The largest absolute Gasteiger partial charge is 0.379 e. The van der Waals surface area contributed by atoms with E-state index in [2.05, 4.69) is 33.2 Å². The van der Waals surface area contributed by atoms with Crippen LogP contribution in [0.15, 0.2) is 47.3 Å². The van der Waals surface area contributed by atoms with Crippen molar-refractivity contribution in [3.8, 4) is 11.4 Å². The monoisotopic (exact) mass is 399 g/mol.